The van der Waals surface area contributed by atoms with Crippen LogP contribution in [0.1, 0.15) is 26.1 Å². The molecule has 1 aliphatic rings. The largest absolute Gasteiger partial charge is 0.391 e. The highest BCUT2D eigenvalue weighted by molar-refractivity contribution is 4.98. The molecule has 2 heterocycles. The van der Waals surface area contributed by atoms with E-state index in [4.69, 9.17) is 4.74 Å². The molecule has 2 atom stereocenters. The summed E-state index contributed by atoms with van der Waals surface area (Å²) in [6.45, 7) is 7.48. The smallest absolute Gasteiger partial charge is 0.138 e. The zero-order chi connectivity index (χ0) is 13.9. The van der Waals surface area contributed by atoms with Crippen molar-refractivity contribution in [3.8, 4) is 0 Å². The van der Waals surface area contributed by atoms with Gasteiger partial charge in [-0.2, -0.15) is 5.10 Å². The molecule has 1 fully saturated rings. The van der Waals surface area contributed by atoms with E-state index in [1.54, 1.807) is 4.68 Å². The predicted octanol–water partition coefficient (Wildman–Crippen LogP) is 0.219. The van der Waals surface area contributed by atoms with Crippen molar-refractivity contribution in [3.63, 3.8) is 0 Å². The van der Waals surface area contributed by atoms with Crippen molar-refractivity contribution in [3.05, 3.63) is 12.2 Å². The minimum absolute atomic E-state index is 0.240. The van der Waals surface area contributed by atoms with Crippen LogP contribution in [0.3, 0.4) is 0 Å². The summed E-state index contributed by atoms with van der Waals surface area (Å²) in [6.07, 6.45) is 2.49. The summed E-state index contributed by atoms with van der Waals surface area (Å²) in [7, 11) is 1.85. The Morgan fingerprint density at radius 2 is 2.16 bits per heavy atom. The maximum atomic E-state index is 10.7. The minimum Gasteiger partial charge on any atom is -0.391 e. The summed E-state index contributed by atoms with van der Waals surface area (Å²) in [5.41, 5.74) is -0.240. The highest BCUT2D eigenvalue weighted by Gasteiger charge is 2.38. The number of nitrogens with zero attached hydrogens (tertiary/aromatic N) is 4. The van der Waals surface area contributed by atoms with Crippen LogP contribution in [0.5, 0.6) is 0 Å². The molecule has 108 valence electrons. The van der Waals surface area contributed by atoms with Crippen LogP contribution in [0.15, 0.2) is 6.33 Å². The Hall–Kier alpha value is -0.980. The standard InChI is InChI=1S/C13H24N4O2/c1-4-13(2,17-5-7-19-8-6-17)11(18)9-12-14-10-15-16(12)3/h10-11,18H,4-9H2,1-3H3. The van der Waals surface area contributed by atoms with Crippen LogP contribution in [-0.2, 0) is 18.2 Å². The van der Waals surface area contributed by atoms with Crippen molar-refractivity contribution in [2.75, 3.05) is 26.3 Å². The van der Waals surface area contributed by atoms with Crippen LogP contribution in [0.25, 0.3) is 0 Å². The van der Waals surface area contributed by atoms with Gasteiger partial charge in [-0.1, -0.05) is 6.92 Å². The van der Waals surface area contributed by atoms with Gasteiger partial charge in [0.15, 0.2) is 0 Å². The molecule has 6 heteroatoms. The molecule has 1 saturated heterocycles. The quantitative estimate of drug-likeness (QED) is 0.827. The Morgan fingerprint density at radius 1 is 1.47 bits per heavy atom. The first kappa shape index (κ1) is 14.4. The molecule has 1 aromatic rings. The SMILES string of the molecule is CCC(C)(C(O)Cc1ncnn1C)N1CCOCC1. The maximum absolute atomic E-state index is 10.7. The van der Waals surface area contributed by atoms with Crippen LogP contribution in [0.4, 0.5) is 0 Å². The molecule has 0 amide bonds. The first-order valence-electron chi connectivity index (χ1n) is 6.91. The third kappa shape index (κ3) is 2.96. The van der Waals surface area contributed by atoms with Crippen molar-refractivity contribution >= 4 is 0 Å². The minimum atomic E-state index is -0.460. The Labute approximate surface area is 114 Å². The van der Waals surface area contributed by atoms with Gasteiger partial charge in [0.1, 0.15) is 12.2 Å². The molecule has 2 rings (SSSR count). The lowest BCUT2D eigenvalue weighted by Crippen LogP contribution is -2.58. The van der Waals surface area contributed by atoms with Gasteiger partial charge in [-0.25, -0.2) is 4.98 Å². The molecule has 19 heavy (non-hydrogen) atoms. The molecule has 0 spiro atoms. The fraction of sp³-hybridized carbons (Fsp3) is 0.846. The fourth-order valence-corrected chi connectivity index (χ4v) is 2.64. The number of aromatic nitrogens is 3. The van der Waals surface area contributed by atoms with Gasteiger partial charge in [0.05, 0.1) is 19.3 Å². The molecule has 0 saturated carbocycles. The van der Waals surface area contributed by atoms with Gasteiger partial charge in [0, 0.05) is 32.1 Å². The number of morpholine rings is 1. The zero-order valence-electron chi connectivity index (χ0n) is 12.0. The number of aliphatic hydroxyl groups is 1. The first-order valence-corrected chi connectivity index (χ1v) is 6.91. The summed E-state index contributed by atoms with van der Waals surface area (Å²) in [5, 5.41) is 14.7. The number of hydrogen-bond acceptors (Lipinski definition) is 5. The van der Waals surface area contributed by atoms with E-state index in [0.717, 1.165) is 38.5 Å². The molecule has 2 unspecified atom stereocenters. The Morgan fingerprint density at radius 3 is 2.68 bits per heavy atom. The summed E-state index contributed by atoms with van der Waals surface area (Å²) < 4.78 is 7.12. The van der Waals surface area contributed by atoms with E-state index in [-0.39, 0.29) is 5.54 Å². The van der Waals surface area contributed by atoms with Gasteiger partial charge in [-0.3, -0.25) is 9.58 Å². The van der Waals surface area contributed by atoms with E-state index in [0.29, 0.717) is 6.42 Å². The Balaban J connectivity index is 2.08. The van der Waals surface area contributed by atoms with Gasteiger partial charge in [0.2, 0.25) is 0 Å². The molecule has 1 N–H and O–H groups in total. The van der Waals surface area contributed by atoms with E-state index in [1.807, 2.05) is 7.05 Å². The van der Waals surface area contributed by atoms with Crippen molar-refractivity contribution < 1.29 is 9.84 Å². The molecular formula is C13H24N4O2. The molecule has 0 bridgehead atoms. The molecule has 0 aliphatic carbocycles. The number of aliphatic hydroxyl groups excluding tert-OH is 1. The van der Waals surface area contributed by atoms with Crippen LogP contribution in [0.2, 0.25) is 0 Å². The van der Waals surface area contributed by atoms with Crippen molar-refractivity contribution in [1.82, 2.24) is 19.7 Å². The second-order valence-corrected chi connectivity index (χ2v) is 5.33. The second-order valence-electron chi connectivity index (χ2n) is 5.33. The third-order valence-electron chi connectivity index (χ3n) is 4.35. The Kier molecular flexibility index (Phi) is 4.54. The molecular weight excluding hydrogens is 244 g/mol. The average Bonchev–Trinajstić information content (AvgIpc) is 2.84. The van der Waals surface area contributed by atoms with Gasteiger partial charge in [-0.15, -0.1) is 0 Å². The van der Waals surface area contributed by atoms with Gasteiger partial charge in [-0.05, 0) is 13.3 Å². The van der Waals surface area contributed by atoms with Crippen LogP contribution < -0.4 is 0 Å². The molecule has 0 aromatic carbocycles. The molecule has 1 aliphatic heterocycles. The van der Waals surface area contributed by atoms with Crippen molar-refractivity contribution in [1.29, 1.82) is 0 Å². The fourth-order valence-electron chi connectivity index (χ4n) is 2.64. The maximum Gasteiger partial charge on any atom is 0.138 e. The molecule has 1 aromatic heterocycles. The number of rotatable bonds is 5. The van der Waals surface area contributed by atoms with Gasteiger partial charge >= 0.3 is 0 Å². The predicted molar refractivity (Wildman–Crippen MR) is 71.8 cm³/mol. The summed E-state index contributed by atoms with van der Waals surface area (Å²) >= 11 is 0. The number of aryl methyl sites for hydroxylation is 1. The van der Waals surface area contributed by atoms with Crippen LogP contribution >= 0.6 is 0 Å². The lowest BCUT2D eigenvalue weighted by Gasteiger charge is -2.45. The van der Waals surface area contributed by atoms with E-state index >= 15 is 0 Å². The monoisotopic (exact) mass is 268 g/mol. The highest BCUT2D eigenvalue weighted by Crippen LogP contribution is 2.26. The topological polar surface area (TPSA) is 63.4 Å². The van der Waals surface area contributed by atoms with Gasteiger partial charge < -0.3 is 9.84 Å². The van der Waals surface area contributed by atoms with Gasteiger partial charge in [0.25, 0.3) is 0 Å². The van der Waals surface area contributed by atoms with E-state index < -0.39 is 6.10 Å². The van der Waals surface area contributed by atoms with E-state index in [1.165, 1.54) is 6.33 Å². The number of hydrogen-bond donors (Lipinski definition) is 1. The first-order chi connectivity index (χ1) is 9.08. The highest BCUT2D eigenvalue weighted by atomic mass is 16.5. The number of ether oxygens (including phenoxy) is 1. The van der Waals surface area contributed by atoms with E-state index in [9.17, 15) is 5.11 Å². The zero-order valence-corrected chi connectivity index (χ0v) is 12.0. The summed E-state index contributed by atoms with van der Waals surface area (Å²) in [5.74, 6) is 0.820. The Bertz CT molecular complexity index is 403. The van der Waals surface area contributed by atoms with Crippen molar-refractivity contribution in [2.45, 2.75) is 38.3 Å². The second kappa shape index (κ2) is 5.98. The third-order valence-corrected chi connectivity index (χ3v) is 4.35. The summed E-state index contributed by atoms with van der Waals surface area (Å²) in [6, 6.07) is 0. The normalized spacial score (nSPS) is 22.1. The van der Waals surface area contributed by atoms with Crippen molar-refractivity contribution in [2.24, 2.45) is 7.05 Å². The molecule has 6 nitrogen and oxygen atoms in total. The lowest BCUT2D eigenvalue weighted by atomic mass is 9.87. The van der Waals surface area contributed by atoms with E-state index in [2.05, 4.69) is 28.8 Å². The molecule has 0 radical (unpaired) electrons. The summed E-state index contributed by atoms with van der Waals surface area (Å²) in [4.78, 5) is 6.53. The van der Waals surface area contributed by atoms with Crippen LogP contribution in [-0.4, -0.2) is 62.7 Å². The average molecular weight is 268 g/mol. The van der Waals surface area contributed by atoms with Crippen LogP contribution in [0, 0.1) is 0 Å². The lowest BCUT2D eigenvalue weighted by molar-refractivity contribution is -0.0721.